The lowest BCUT2D eigenvalue weighted by atomic mass is 9.97. The van der Waals surface area contributed by atoms with Crippen LogP contribution in [-0.2, 0) is 7.05 Å². The minimum absolute atomic E-state index is 0.0526. The molecule has 4 nitrogen and oxygen atoms in total. The lowest BCUT2D eigenvalue weighted by molar-refractivity contribution is 0.526. The molecule has 2 atom stereocenters. The van der Waals surface area contributed by atoms with Gasteiger partial charge in [-0.25, -0.2) is 4.98 Å². The van der Waals surface area contributed by atoms with Crippen molar-refractivity contribution in [3.8, 4) is 0 Å². The number of aromatic nitrogens is 2. The van der Waals surface area contributed by atoms with Gasteiger partial charge in [0, 0.05) is 19.1 Å². The van der Waals surface area contributed by atoms with Crippen molar-refractivity contribution in [1.29, 1.82) is 0 Å². The first-order valence-electron chi connectivity index (χ1n) is 8.07. The molecule has 0 saturated carbocycles. The Hall–Kier alpha value is -2.10. The summed E-state index contributed by atoms with van der Waals surface area (Å²) in [7, 11) is 1.85. The van der Waals surface area contributed by atoms with Crippen molar-refractivity contribution in [1.82, 2.24) is 9.55 Å². The van der Waals surface area contributed by atoms with Gasteiger partial charge >= 0.3 is 0 Å². The summed E-state index contributed by atoms with van der Waals surface area (Å²) in [5.41, 5.74) is 2.41. The summed E-state index contributed by atoms with van der Waals surface area (Å²) in [5, 5.41) is 0.701. The van der Waals surface area contributed by atoms with Crippen LogP contribution in [0.4, 0.5) is 5.95 Å². The van der Waals surface area contributed by atoms with Gasteiger partial charge in [-0.1, -0.05) is 23.8 Å². The molecule has 1 aromatic heterocycles. The SMILES string of the molecule is CC=C1CC2CCC(C1)N2c1nc2ccccc2c(=O)n1C. The van der Waals surface area contributed by atoms with Crippen molar-refractivity contribution in [2.75, 3.05) is 4.90 Å². The predicted octanol–water partition coefficient (Wildman–Crippen LogP) is 3.01. The summed E-state index contributed by atoms with van der Waals surface area (Å²) in [6, 6.07) is 8.61. The number of rotatable bonds is 1. The van der Waals surface area contributed by atoms with E-state index in [1.54, 1.807) is 10.1 Å². The molecule has 4 heteroatoms. The molecule has 0 N–H and O–H groups in total. The van der Waals surface area contributed by atoms with Crippen molar-refractivity contribution >= 4 is 16.9 Å². The summed E-state index contributed by atoms with van der Waals surface area (Å²) >= 11 is 0. The Morgan fingerprint density at radius 3 is 2.55 bits per heavy atom. The molecular weight excluding hydrogens is 274 g/mol. The molecule has 2 bridgehead atoms. The quantitative estimate of drug-likeness (QED) is 0.759. The van der Waals surface area contributed by atoms with E-state index in [0.717, 1.165) is 24.3 Å². The van der Waals surface area contributed by atoms with Crippen molar-refractivity contribution < 1.29 is 0 Å². The Balaban J connectivity index is 1.86. The normalized spacial score (nSPS) is 24.1. The molecule has 1 aromatic carbocycles. The highest BCUT2D eigenvalue weighted by atomic mass is 16.1. The van der Waals surface area contributed by atoms with Gasteiger partial charge in [0.25, 0.3) is 5.56 Å². The zero-order valence-electron chi connectivity index (χ0n) is 13.1. The van der Waals surface area contributed by atoms with E-state index in [1.165, 1.54) is 12.8 Å². The number of benzene rings is 1. The maximum absolute atomic E-state index is 12.6. The molecule has 114 valence electrons. The van der Waals surface area contributed by atoms with Crippen LogP contribution in [0.5, 0.6) is 0 Å². The van der Waals surface area contributed by atoms with Gasteiger partial charge < -0.3 is 4.90 Å². The first-order chi connectivity index (χ1) is 10.7. The standard InChI is InChI=1S/C18H21N3O/c1-3-12-10-13-8-9-14(11-12)21(13)18-19-16-7-5-4-6-15(16)17(22)20(18)2/h3-7,13-14H,8-11H2,1-2H3. The molecule has 2 fully saturated rings. The van der Waals surface area contributed by atoms with Gasteiger partial charge in [0.1, 0.15) is 0 Å². The molecule has 2 aromatic rings. The van der Waals surface area contributed by atoms with Gasteiger partial charge in [0.15, 0.2) is 0 Å². The summed E-state index contributed by atoms with van der Waals surface area (Å²) < 4.78 is 1.73. The van der Waals surface area contributed by atoms with Crippen molar-refractivity contribution in [3.05, 3.63) is 46.3 Å². The first kappa shape index (κ1) is 13.6. The fourth-order valence-corrected chi connectivity index (χ4v) is 4.05. The zero-order chi connectivity index (χ0) is 15.3. The Kier molecular flexibility index (Phi) is 3.06. The van der Waals surface area contributed by atoms with Gasteiger partial charge in [0.2, 0.25) is 5.95 Å². The second kappa shape index (κ2) is 4.97. The summed E-state index contributed by atoms with van der Waals surface area (Å²) in [5.74, 6) is 0.839. The number of anilines is 1. The Morgan fingerprint density at radius 1 is 1.18 bits per heavy atom. The molecular formula is C18H21N3O. The number of nitrogens with zero attached hydrogens (tertiary/aromatic N) is 3. The van der Waals surface area contributed by atoms with Crippen LogP contribution in [-0.4, -0.2) is 21.6 Å². The topological polar surface area (TPSA) is 38.1 Å². The first-order valence-corrected chi connectivity index (χ1v) is 8.07. The summed E-state index contributed by atoms with van der Waals surface area (Å²) in [4.78, 5) is 19.9. The van der Waals surface area contributed by atoms with Crippen molar-refractivity contribution in [2.24, 2.45) is 7.05 Å². The highest BCUT2D eigenvalue weighted by Crippen LogP contribution is 2.40. The lowest BCUT2D eigenvalue weighted by Crippen LogP contribution is -2.44. The highest BCUT2D eigenvalue weighted by molar-refractivity contribution is 5.78. The second-order valence-electron chi connectivity index (χ2n) is 6.44. The van der Waals surface area contributed by atoms with E-state index in [-0.39, 0.29) is 5.56 Å². The lowest BCUT2D eigenvalue weighted by Gasteiger charge is -2.37. The van der Waals surface area contributed by atoms with Crippen LogP contribution in [0.25, 0.3) is 10.9 Å². The Morgan fingerprint density at radius 2 is 1.86 bits per heavy atom. The van der Waals surface area contributed by atoms with Crippen LogP contribution < -0.4 is 10.5 Å². The molecule has 0 amide bonds. The van der Waals surface area contributed by atoms with Gasteiger partial charge in [-0.3, -0.25) is 9.36 Å². The number of para-hydroxylation sites is 1. The molecule has 2 aliphatic rings. The van der Waals surface area contributed by atoms with Gasteiger partial charge in [0.05, 0.1) is 10.9 Å². The summed E-state index contributed by atoms with van der Waals surface area (Å²) in [6.45, 7) is 2.13. The molecule has 22 heavy (non-hydrogen) atoms. The number of fused-ring (bicyclic) bond motifs is 3. The third kappa shape index (κ3) is 1.90. The van der Waals surface area contributed by atoms with Gasteiger partial charge in [-0.15, -0.1) is 0 Å². The van der Waals surface area contributed by atoms with E-state index in [9.17, 15) is 4.79 Å². The average molecular weight is 295 g/mol. The second-order valence-corrected chi connectivity index (χ2v) is 6.44. The molecule has 2 unspecified atom stereocenters. The number of piperidine rings is 1. The fraction of sp³-hybridized carbons (Fsp3) is 0.444. The zero-order valence-corrected chi connectivity index (χ0v) is 13.1. The largest absolute Gasteiger partial charge is 0.336 e. The third-order valence-electron chi connectivity index (χ3n) is 5.21. The molecule has 0 spiro atoms. The van der Waals surface area contributed by atoms with Gasteiger partial charge in [-0.05, 0) is 44.7 Å². The molecule has 4 rings (SSSR count). The molecule has 0 radical (unpaired) electrons. The van der Waals surface area contributed by atoms with Crippen molar-refractivity contribution in [3.63, 3.8) is 0 Å². The monoisotopic (exact) mass is 295 g/mol. The van der Waals surface area contributed by atoms with E-state index in [2.05, 4.69) is 17.9 Å². The molecule has 2 saturated heterocycles. The average Bonchev–Trinajstić information content (AvgIpc) is 2.80. The Bertz CT molecular complexity index is 805. The Labute approximate surface area is 130 Å². The van der Waals surface area contributed by atoms with E-state index >= 15 is 0 Å². The summed E-state index contributed by atoms with van der Waals surface area (Å²) in [6.07, 6.45) is 6.87. The smallest absolute Gasteiger partial charge is 0.262 e. The number of allylic oxidation sites excluding steroid dienone is 1. The minimum atomic E-state index is 0.0526. The van der Waals surface area contributed by atoms with Crippen LogP contribution in [0.15, 0.2) is 40.7 Å². The van der Waals surface area contributed by atoms with Crippen LogP contribution in [0.1, 0.15) is 32.6 Å². The van der Waals surface area contributed by atoms with Crippen LogP contribution in [0, 0.1) is 0 Å². The minimum Gasteiger partial charge on any atom is -0.336 e. The van der Waals surface area contributed by atoms with E-state index in [0.29, 0.717) is 17.5 Å². The van der Waals surface area contributed by atoms with E-state index in [1.807, 2.05) is 31.3 Å². The van der Waals surface area contributed by atoms with Crippen LogP contribution in [0.2, 0.25) is 0 Å². The molecule has 2 aliphatic heterocycles. The number of hydrogen-bond acceptors (Lipinski definition) is 3. The molecule has 3 heterocycles. The third-order valence-corrected chi connectivity index (χ3v) is 5.21. The van der Waals surface area contributed by atoms with E-state index < -0.39 is 0 Å². The fourth-order valence-electron chi connectivity index (χ4n) is 4.05. The van der Waals surface area contributed by atoms with Gasteiger partial charge in [-0.2, -0.15) is 0 Å². The highest BCUT2D eigenvalue weighted by Gasteiger charge is 2.40. The van der Waals surface area contributed by atoms with E-state index in [4.69, 9.17) is 4.98 Å². The van der Waals surface area contributed by atoms with Crippen LogP contribution in [0.3, 0.4) is 0 Å². The van der Waals surface area contributed by atoms with Crippen LogP contribution >= 0.6 is 0 Å². The molecule has 0 aliphatic carbocycles. The van der Waals surface area contributed by atoms with Crippen molar-refractivity contribution in [2.45, 2.75) is 44.7 Å². The number of hydrogen-bond donors (Lipinski definition) is 0. The predicted molar refractivity (Wildman–Crippen MR) is 89.3 cm³/mol. The maximum Gasteiger partial charge on any atom is 0.262 e. The maximum atomic E-state index is 12.6.